The standard InChI is InChI=1S/C13H20FNO3S/c1-4-9(2)12(16)8-15-19(17,18)13-7-11(14)6-5-10(13)3/h5-7,9,12,15-16H,4,8H2,1-3H3. The van der Waals surface area contributed by atoms with Gasteiger partial charge in [0.05, 0.1) is 11.0 Å². The lowest BCUT2D eigenvalue weighted by Crippen LogP contribution is -2.35. The lowest BCUT2D eigenvalue weighted by atomic mass is 10.0. The smallest absolute Gasteiger partial charge is 0.241 e. The molecule has 0 aliphatic carbocycles. The van der Waals surface area contributed by atoms with Crippen LogP contribution in [-0.4, -0.2) is 26.2 Å². The summed E-state index contributed by atoms with van der Waals surface area (Å²) in [6, 6.07) is 3.60. The Bertz CT molecular complexity index is 531. The van der Waals surface area contributed by atoms with E-state index in [-0.39, 0.29) is 17.4 Å². The average Bonchev–Trinajstić information content (AvgIpc) is 2.37. The quantitative estimate of drug-likeness (QED) is 0.839. The molecule has 0 heterocycles. The molecule has 0 radical (unpaired) electrons. The van der Waals surface area contributed by atoms with Gasteiger partial charge in [0.15, 0.2) is 0 Å². The topological polar surface area (TPSA) is 66.4 Å². The Hall–Kier alpha value is -0.980. The van der Waals surface area contributed by atoms with Gasteiger partial charge in [-0.05, 0) is 30.5 Å². The molecular formula is C13H20FNO3S. The molecule has 108 valence electrons. The number of hydrogen-bond donors (Lipinski definition) is 2. The van der Waals surface area contributed by atoms with E-state index in [1.807, 2.05) is 13.8 Å². The van der Waals surface area contributed by atoms with Gasteiger partial charge in [-0.25, -0.2) is 17.5 Å². The van der Waals surface area contributed by atoms with Crippen LogP contribution in [-0.2, 0) is 10.0 Å². The summed E-state index contributed by atoms with van der Waals surface area (Å²) in [5.74, 6) is -0.607. The number of hydrogen-bond acceptors (Lipinski definition) is 3. The van der Waals surface area contributed by atoms with Crippen LogP contribution in [0, 0.1) is 18.7 Å². The molecule has 0 spiro atoms. The minimum Gasteiger partial charge on any atom is -0.391 e. The van der Waals surface area contributed by atoms with Crippen LogP contribution in [0.15, 0.2) is 23.1 Å². The molecular weight excluding hydrogens is 269 g/mol. The molecule has 0 aliphatic heterocycles. The minimum absolute atomic E-state index is 0.00342. The highest BCUT2D eigenvalue weighted by Gasteiger charge is 2.20. The summed E-state index contributed by atoms with van der Waals surface area (Å²) >= 11 is 0. The zero-order valence-corrected chi connectivity index (χ0v) is 12.2. The summed E-state index contributed by atoms with van der Waals surface area (Å²) in [5, 5.41) is 9.75. The summed E-state index contributed by atoms with van der Waals surface area (Å²) in [6.45, 7) is 5.28. The molecule has 4 nitrogen and oxygen atoms in total. The van der Waals surface area contributed by atoms with E-state index in [1.54, 1.807) is 6.92 Å². The van der Waals surface area contributed by atoms with Gasteiger partial charge >= 0.3 is 0 Å². The van der Waals surface area contributed by atoms with Gasteiger partial charge in [0.25, 0.3) is 0 Å². The van der Waals surface area contributed by atoms with Gasteiger partial charge in [0.2, 0.25) is 10.0 Å². The molecule has 0 amide bonds. The Labute approximate surface area is 113 Å². The van der Waals surface area contributed by atoms with Crippen LogP contribution in [0.1, 0.15) is 25.8 Å². The Kier molecular flexibility index (Phi) is 5.46. The highest BCUT2D eigenvalue weighted by Crippen LogP contribution is 2.16. The van der Waals surface area contributed by atoms with Gasteiger partial charge in [0.1, 0.15) is 5.82 Å². The number of aryl methyl sites for hydroxylation is 1. The maximum atomic E-state index is 13.1. The van der Waals surface area contributed by atoms with E-state index in [0.717, 1.165) is 12.5 Å². The second kappa shape index (κ2) is 6.45. The summed E-state index contributed by atoms with van der Waals surface area (Å²) in [6.07, 6.45) is -0.00402. The Balaban J connectivity index is 2.85. The van der Waals surface area contributed by atoms with Crippen molar-refractivity contribution in [3.8, 4) is 0 Å². The molecule has 0 bridgehead atoms. The van der Waals surface area contributed by atoms with Gasteiger partial charge in [-0.1, -0.05) is 26.3 Å². The second-order valence-electron chi connectivity index (χ2n) is 4.71. The molecule has 0 aromatic heterocycles. The van der Waals surface area contributed by atoms with Crippen LogP contribution in [0.2, 0.25) is 0 Å². The first-order chi connectivity index (χ1) is 8.77. The highest BCUT2D eigenvalue weighted by molar-refractivity contribution is 7.89. The summed E-state index contributed by atoms with van der Waals surface area (Å²) in [5.41, 5.74) is 0.465. The third kappa shape index (κ3) is 4.26. The highest BCUT2D eigenvalue weighted by atomic mass is 32.2. The molecule has 0 fully saturated rings. The lowest BCUT2D eigenvalue weighted by Gasteiger charge is -2.18. The molecule has 0 aliphatic rings. The van der Waals surface area contributed by atoms with Crippen LogP contribution in [0.3, 0.4) is 0 Å². The van der Waals surface area contributed by atoms with E-state index >= 15 is 0 Å². The van der Waals surface area contributed by atoms with Crippen molar-refractivity contribution in [2.24, 2.45) is 5.92 Å². The maximum absolute atomic E-state index is 13.1. The van der Waals surface area contributed by atoms with Crippen LogP contribution >= 0.6 is 0 Å². The van der Waals surface area contributed by atoms with Crippen molar-refractivity contribution >= 4 is 10.0 Å². The summed E-state index contributed by atoms with van der Waals surface area (Å²) < 4.78 is 39.5. The molecule has 6 heteroatoms. The van der Waals surface area contributed by atoms with E-state index in [4.69, 9.17) is 0 Å². The molecule has 1 rings (SSSR count). The molecule has 1 aromatic rings. The maximum Gasteiger partial charge on any atom is 0.241 e. The molecule has 1 aromatic carbocycles. The van der Waals surface area contributed by atoms with Gasteiger partial charge in [-0.15, -0.1) is 0 Å². The van der Waals surface area contributed by atoms with Crippen molar-refractivity contribution in [2.75, 3.05) is 6.54 Å². The lowest BCUT2D eigenvalue weighted by molar-refractivity contribution is 0.118. The number of rotatable bonds is 6. The minimum atomic E-state index is -3.80. The fourth-order valence-corrected chi connectivity index (χ4v) is 2.91. The van der Waals surface area contributed by atoms with Crippen molar-refractivity contribution in [2.45, 2.75) is 38.2 Å². The van der Waals surface area contributed by atoms with E-state index in [0.29, 0.717) is 5.56 Å². The number of aliphatic hydroxyl groups excluding tert-OH is 1. The van der Waals surface area contributed by atoms with Gasteiger partial charge in [0, 0.05) is 6.54 Å². The van der Waals surface area contributed by atoms with Gasteiger partial charge < -0.3 is 5.11 Å². The normalized spacial score (nSPS) is 15.2. The van der Waals surface area contributed by atoms with E-state index in [1.165, 1.54) is 12.1 Å². The predicted octanol–water partition coefficient (Wildman–Crippen LogP) is 1.82. The van der Waals surface area contributed by atoms with Crippen LogP contribution in [0.25, 0.3) is 0 Å². The summed E-state index contributed by atoms with van der Waals surface area (Å²) in [4.78, 5) is -0.0937. The molecule has 2 unspecified atom stereocenters. The average molecular weight is 289 g/mol. The fraction of sp³-hybridized carbons (Fsp3) is 0.538. The molecule has 0 saturated carbocycles. The summed E-state index contributed by atoms with van der Waals surface area (Å²) in [7, 11) is -3.80. The van der Waals surface area contributed by atoms with Gasteiger partial charge in [-0.3, -0.25) is 0 Å². The third-order valence-electron chi connectivity index (χ3n) is 3.22. The number of aliphatic hydroxyl groups is 1. The Morgan fingerprint density at radius 3 is 2.63 bits per heavy atom. The first-order valence-corrected chi connectivity index (χ1v) is 7.70. The first-order valence-electron chi connectivity index (χ1n) is 6.21. The largest absolute Gasteiger partial charge is 0.391 e. The number of nitrogens with one attached hydrogen (secondary N) is 1. The van der Waals surface area contributed by atoms with Crippen molar-refractivity contribution < 1.29 is 17.9 Å². The van der Waals surface area contributed by atoms with E-state index < -0.39 is 21.9 Å². The molecule has 2 N–H and O–H groups in total. The molecule has 19 heavy (non-hydrogen) atoms. The van der Waals surface area contributed by atoms with Crippen LogP contribution in [0.4, 0.5) is 4.39 Å². The molecule has 0 saturated heterocycles. The molecule has 2 atom stereocenters. The van der Waals surface area contributed by atoms with Crippen LogP contribution < -0.4 is 4.72 Å². The van der Waals surface area contributed by atoms with Crippen LogP contribution in [0.5, 0.6) is 0 Å². The first kappa shape index (κ1) is 16.1. The predicted molar refractivity (Wildman–Crippen MR) is 71.8 cm³/mol. The Morgan fingerprint density at radius 1 is 1.42 bits per heavy atom. The zero-order chi connectivity index (χ0) is 14.6. The number of sulfonamides is 1. The monoisotopic (exact) mass is 289 g/mol. The van der Waals surface area contributed by atoms with Crippen molar-refractivity contribution in [3.63, 3.8) is 0 Å². The fourth-order valence-electron chi connectivity index (χ4n) is 1.61. The third-order valence-corrected chi connectivity index (χ3v) is 4.79. The van der Waals surface area contributed by atoms with Crippen molar-refractivity contribution in [1.82, 2.24) is 4.72 Å². The van der Waals surface area contributed by atoms with Crippen molar-refractivity contribution in [3.05, 3.63) is 29.6 Å². The van der Waals surface area contributed by atoms with E-state index in [9.17, 15) is 17.9 Å². The Morgan fingerprint density at radius 2 is 2.05 bits per heavy atom. The SMILES string of the molecule is CCC(C)C(O)CNS(=O)(=O)c1cc(F)ccc1C. The van der Waals surface area contributed by atoms with Gasteiger partial charge in [-0.2, -0.15) is 0 Å². The zero-order valence-electron chi connectivity index (χ0n) is 11.4. The second-order valence-corrected chi connectivity index (χ2v) is 6.45. The van der Waals surface area contributed by atoms with E-state index in [2.05, 4.69) is 4.72 Å². The number of halogens is 1. The van der Waals surface area contributed by atoms with Crippen molar-refractivity contribution in [1.29, 1.82) is 0 Å². The number of benzene rings is 1.